The second-order valence-electron chi connectivity index (χ2n) is 13.8. The highest BCUT2D eigenvalue weighted by Gasteiger charge is 2.43. The number of amides is 1. The summed E-state index contributed by atoms with van der Waals surface area (Å²) in [4.78, 5) is 21.9. The van der Waals surface area contributed by atoms with E-state index in [0.717, 1.165) is 39.0 Å². The number of anilines is 3. The van der Waals surface area contributed by atoms with E-state index in [4.69, 9.17) is 16.0 Å². The van der Waals surface area contributed by atoms with Crippen LogP contribution in [-0.4, -0.2) is 79.0 Å². The van der Waals surface area contributed by atoms with Gasteiger partial charge in [-0.25, -0.2) is 9.37 Å². The minimum absolute atomic E-state index is 0.0135. The molecule has 236 valence electrons. The zero-order chi connectivity index (χ0) is 31.7. The Labute approximate surface area is 265 Å². The van der Waals surface area contributed by atoms with Crippen molar-refractivity contribution in [3.05, 3.63) is 59.1 Å². The number of carbonyl (C=O) groups excluding carboxylic acids is 1. The number of halogens is 2. The summed E-state index contributed by atoms with van der Waals surface area (Å²) in [6, 6.07) is 9.65. The molecule has 2 aliphatic heterocycles. The van der Waals surface area contributed by atoms with Crippen LogP contribution in [0.5, 0.6) is 0 Å². The molecule has 0 aliphatic carbocycles. The van der Waals surface area contributed by atoms with Gasteiger partial charge in [0.25, 0.3) is 0 Å². The van der Waals surface area contributed by atoms with Crippen molar-refractivity contribution in [2.75, 3.05) is 50.4 Å². The lowest BCUT2D eigenvalue weighted by atomic mass is 9.72. The van der Waals surface area contributed by atoms with Gasteiger partial charge in [0.15, 0.2) is 8.32 Å². The molecule has 2 saturated heterocycles. The van der Waals surface area contributed by atoms with Crippen LogP contribution in [-0.2, 0) is 15.8 Å². The number of likely N-dealkylation sites (tertiary alicyclic amines) is 2. The van der Waals surface area contributed by atoms with Gasteiger partial charge in [-0.1, -0.05) is 32.4 Å². The number of rotatable bonds is 9. The monoisotopic (exact) mass is 639 g/mol. The number of hydrogen-bond acceptors (Lipinski definition) is 8. The second kappa shape index (κ2) is 12.8. The Hall–Kier alpha value is -2.96. The maximum Gasteiger partial charge on any atom is 0.239 e. The van der Waals surface area contributed by atoms with Gasteiger partial charge in [0, 0.05) is 41.6 Å². The lowest BCUT2D eigenvalue weighted by Crippen LogP contribution is -2.59. The Morgan fingerprint density at radius 2 is 1.84 bits per heavy atom. The van der Waals surface area contributed by atoms with Crippen molar-refractivity contribution in [1.82, 2.24) is 25.0 Å². The van der Waals surface area contributed by atoms with Crippen LogP contribution in [0.25, 0.3) is 11.3 Å². The molecule has 2 N–H and O–H groups in total. The molecule has 2 aromatic heterocycles. The second-order valence-corrected chi connectivity index (χ2v) is 19.1. The van der Waals surface area contributed by atoms with E-state index in [-0.39, 0.29) is 23.1 Å². The summed E-state index contributed by atoms with van der Waals surface area (Å²) >= 11 is 6.17. The molecule has 1 aromatic carbocycles. The van der Waals surface area contributed by atoms with Crippen LogP contribution in [0.2, 0.25) is 23.2 Å². The van der Waals surface area contributed by atoms with Gasteiger partial charge in [-0.05, 0) is 86.9 Å². The quantitative estimate of drug-likeness (QED) is 0.254. The van der Waals surface area contributed by atoms with E-state index in [0.29, 0.717) is 45.6 Å². The predicted molar refractivity (Wildman–Crippen MR) is 176 cm³/mol. The van der Waals surface area contributed by atoms with Crippen molar-refractivity contribution in [2.24, 2.45) is 5.41 Å². The smallest absolute Gasteiger partial charge is 0.239 e. The van der Waals surface area contributed by atoms with E-state index < -0.39 is 14.1 Å². The van der Waals surface area contributed by atoms with E-state index in [1.807, 2.05) is 0 Å². The molecule has 3 aromatic rings. The Bertz CT molecular complexity index is 1500. The molecular weight excluding hydrogens is 597 g/mol. The molecule has 0 unspecified atom stereocenters. The standard InChI is InChI=1S/C32H43ClFN7O2Si/c1-31(2,3)44(5,6)43-19-28-27(17-26(38-39-28)24-15-22(33)7-8-25(24)34)36-23-9-12-35-29(16-23)37-30(42)18-41-13-10-32(11-14-41)20-40(4)21-32/h7-9,12,15-17H,10-11,13-14,18-21H2,1-6H3,(H2,35,36,37,38,42). The van der Waals surface area contributed by atoms with Crippen molar-refractivity contribution in [2.45, 2.75) is 58.4 Å². The highest BCUT2D eigenvalue weighted by molar-refractivity contribution is 6.74. The number of pyridine rings is 1. The average molecular weight is 640 g/mol. The van der Waals surface area contributed by atoms with Gasteiger partial charge in [-0.3, -0.25) is 9.69 Å². The molecular formula is C32H43ClFN7O2Si. The van der Waals surface area contributed by atoms with Crippen molar-refractivity contribution in [3.63, 3.8) is 0 Å². The van der Waals surface area contributed by atoms with Crippen molar-refractivity contribution < 1.29 is 13.6 Å². The van der Waals surface area contributed by atoms with Gasteiger partial charge in [-0.2, -0.15) is 5.10 Å². The normalized spacial score (nSPS) is 17.4. The molecule has 1 amide bonds. The lowest BCUT2D eigenvalue weighted by molar-refractivity contribution is -0.118. The summed E-state index contributed by atoms with van der Waals surface area (Å²) in [6.07, 6.45) is 3.89. The molecule has 44 heavy (non-hydrogen) atoms. The first-order valence-electron chi connectivity index (χ1n) is 15.1. The fourth-order valence-electron chi connectivity index (χ4n) is 5.64. The summed E-state index contributed by atoms with van der Waals surface area (Å²) in [5.74, 6) is -0.0990. The van der Waals surface area contributed by atoms with E-state index in [9.17, 15) is 9.18 Å². The zero-order valence-corrected chi connectivity index (χ0v) is 28.3. The van der Waals surface area contributed by atoms with E-state index in [2.05, 4.69) is 76.5 Å². The van der Waals surface area contributed by atoms with Crippen LogP contribution < -0.4 is 10.6 Å². The van der Waals surface area contributed by atoms with Crippen LogP contribution >= 0.6 is 11.6 Å². The number of carbonyl (C=O) groups is 1. The van der Waals surface area contributed by atoms with Crippen molar-refractivity contribution in [1.29, 1.82) is 0 Å². The van der Waals surface area contributed by atoms with Crippen LogP contribution in [0, 0.1) is 11.2 Å². The average Bonchev–Trinajstić information content (AvgIpc) is 2.93. The first kappa shape index (κ1) is 32.4. The Morgan fingerprint density at radius 3 is 2.52 bits per heavy atom. The molecule has 12 heteroatoms. The van der Waals surface area contributed by atoms with E-state index >= 15 is 0 Å². The Kier molecular flexibility index (Phi) is 9.44. The summed E-state index contributed by atoms with van der Waals surface area (Å²) in [5, 5.41) is 15.5. The summed E-state index contributed by atoms with van der Waals surface area (Å²) in [6.45, 7) is 15.6. The van der Waals surface area contributed by atoms with Gasteiger partial charge < -0.3 is 20.0 Å². The number of benzene rings is 1. The third kappa shape index (κ3) is 7.63. The highest BCUT2D eigenvalue weighted by Crippen LogP contribution is 2.40. The minimum atomic E-state index is -2.09. The molecule has 0 bridgehead atoms. The first-order chi connectivity index (χ1) is 20.7. The van der Waals surface area contributed by atoms with Gasteiger partial charge in [0.05, 0.1) is 24.5 Å². The third-order valence-corrected chi connectivity index (χ3v) is 14.0. The number of nitrogens with zero attached hydrogens (tertiary/aromatic N) is 5. The number of nitrogens with one attached hydrogen (secondary N) is 2. The third-order valence-electron chi connectivity index (χ3n) is 9.25. The fourth-order valence-corrected chi connectivity index (χ4v) is 6.74. The molecule has 2 fully saturated rings. The lowest BCUT2D eigenvalue weighted by Gasteiger charge is -2.52. The fraction of sp³-hybridized carbons (Fsp3) is 0.500. The minimum Gasteiger partial charge on any atom is -0.411 e. The van der Waals surface area contributed by atoms with Crippen LogP contribution in [0.1, 0.15) is 39.3 Å². The summed E-state index contributed by atoms with van der Waals surface area (Å²) < 4.78 is 21.2. The van der Waals surface area contributed by atoms with Gasteiger partial charge in [0.2, 0.25) is 5.91 Å². The molecule has 0 radical (unpaired) electrons. The van der Waals surface area contributed by atoms with Crippen molar-refractivity contribution >= 4 is 43.0 Å². The highest BCUT2D eigenvalue weighted by atomic mass is 35.5. The first-order valence-corrected chi connectivity index (χ1v) is 18.4. The predicted octanol–water partition coefficient (Wildman–Crippen LogP) is 6.56. The summed E-state index contributed by atoms with van der Waals surface area (Å²) in [7, 11) is 0.0715. The van der Waals surface area contributed by atoms with Gasteiger partial charge in [0.1, 0.15) is 17.3 Å². The molecule has 1 spiro atoms. The zero-order valence-electron chi connectivity index (χ0n) is 26.5. The van der Waals surface area contributed by atoms with Crippen molar-refractivity contribution in [3.8, 4) is 11.3 Å². The number of hydrogen-bond donors (Lipinski definition) is 2. The SMILES string of the molecule is CN1CC2(CCN(CC(=O)Nc3cc(Nc4cc(-c5cc(Cl)ccc5F)nnc4CO[Si](C)(C)C(C)(C)C)ccn3)CC2)C1. The van der Waals surface area contributed by atoms with Crippen LogP contribution in [0.15, 0.2) is 42.6 Å². The van der Waals surface area contributed by atoms with Gasteiger partial charge >= 0.3 is 0 Å². The number of aromatic nitrogens is 3. The molecule has 4 heterocycles. The van der Waals surface area contributed by atoms with Gasteiger partial charge in [-0.15, -0.1) is 5.10 Å². The largest absolute Gasteiger partial charge is 0.411 e. The Balaban J connectivity index is 1.31. The van der Waals surface area contributed by atoms with Crippen LogP contribution in [0.3, 0.4) is 0 Å². The Morgan fingerprint density at radius 1 is 1.11 bits per heavy atom. The molecule has 5 rings (SSSR count). The maximum absolute atomic E-state index is 14.7. The number of piperidine rings is 1. The molecule has 9 nitrogen and oxygen atoms in total. The van der Waals surface area contributed by atoms with E-state index in [1.165, 1.54) is 18.2 Å². The molecule has 0 atom stereocenters. The topological polar surface area (TPSA) is 95.5 Å². The molecule has 2 aliphatic rings. The maximum atomic E-state index is 14.7. The molecule has 0 saturated carbocycles. The summed E-state index contributed by atoms with van der Waals surface area (Å²) in [5.41, 5.74) is 2.91. The van der Waals surface area contributed by atoms with E-state index in [1.54, 1.807) is 24.4 Å². The van der Waals surface area contributed by atoms with Crippen LogP contribution in [0.4, 0.5) is 21.6 Å².